The summed E-state index contributed by atoms with van der Waals surface area (Å²) in [5.41, 5.74) is 2.56. The second-order valence-corrected chi connectivity index (χ2v) is 16.1. The average Bonchev–Trinajstić information content (AvgIpc) is 3.37. The van der Waals surface area contributed by atoms with Crippen molar-refractivity contribution < 1.29 is 32.4 Å². The summed E-state index contributed by atoms with van der Waals surface area (Å²) in [7, 11) is -0.700. The number of methoxy groups -OCH3 is 1. The van der Waals surface area contributed by atoms with Crippen LogP contribution in [0.15, 0.2) is 77.3 Å². The van der Waals surface area contributed by atoms with Crippen LogP contribution < -0.4 is 15.2 Å². The van der Waals surface area contributed by atoms with E-state index in [-0.39, 0.29) is 41.8 Å². The second-order valence-electron chi connectivity index (χ2n) is 11.1. The van der Waals surface area contributed by atoms with Crippen LogP contribution in [0.4, 0.5) is 8.78 Å². The number of aromatic nitrogens is 1. The molecule has 0 saturated carbocycles. The molecule has 0 fully saturated rings. The highest BCUT2D eigenvalue weighted by Crippen LogP contribution is 2.21. The van der Waals surface area contributed by atoms with Crippen LogP contribution in [-0.2, 0) is 40.4 Å². The highest BCUT2D eigenvalue weighted by Gasteiger charge is 2.28. The van der Waals surface area contributed by atoms with Crippen LogP contribution in [0, 0.1) is 11.6 Å². The van der Waals surface area contributed by atoms with Crippen LogP contribution in [0.5, 0.6) is 5.88 Å². The normalized spacial score (nSPS) is 12.1. The molecule has 1 aromatic heterocycles. The molecule has 4 rings (SSSR count). The standard InChI is InChI=1S/C32H34F2N2O5Si/c1-39-19-22-10-12-24(13-11-22)31(28(37)16-23-14-26(33)32(27(34)15-23)42(2,3)4)35-29(38)17-25-18-30(36-41-25)40-20-21-8-6-5-7-9-21/h5-15,18,31H,16-17,19-20H2,1-4H3,(H,35,38). The minimum absolute atomic E-state index is 0.0939. The van der Waals surface area contributed by atoms with Gasteiger partial charge in [0.15, 0.2) is 5.78 Å². The Bertz CT molecular complexity index is 1500. The predicted molar refractivity (Wildman–Crippen MR) is 157 cm³/mol. The van der Waals surface area contributed by atoms with Crippen LogP contribution in [0.25, 0.3) is 0 Å². The summed E-state index contributed by atoms with van der Waals surface area (Å²) in [4.78, 5) is 26.6. The molecule has 0 aliphatic carbocycles. The van der Waals surface area contributed by atoms with E-state index < -0.39 is 37.4 Å². The van der Waals surface area contributed by atoms with Gasteiger partial charge in [0.1, 0.15) is 30.0 Å². The summed E-state index contributed by atoms with van der Waals surface area (Å²) in [6.45, 7) is 6.23. The number of halogens is 2. The van der Waals surface area contributed by atoms with Gasteiger partial charge in [0.05, 0.1) is 21.1 Å². The summed E-state index contributed by atoms with van der Waals surface area (Å²) in [5, 5.41) is 6.71. The minimum Gasteiger partial charge on any atom is -0.471 e. The fraction of sp³-hybridized carbons (Fsp3) is 0.281. The van der Waals surface area contributed by atoms with E-state index in [1.165, 1.54) is 18.2 Å². The largest absolute Gasteiger partial charge is 0.471 e. The fourth-order valence-electron chi connectivity index (χ4n) is 4.62. The smallest absolute Gasteiger partial charge is 0.254 e. The third-order valence-electron chi connectivity index (χ3n) is 6.58. The molecule has 0 aliphatic heterocycles. The average molecular weight is 593 g/mol. The van der Waals surface area contributed by atoms with Crippen LogP contribution >= 0.6 is 0 Å². The van der Waals surface area contributed by atoms with Gasteiger partial charge in [-0.15, -0.1) is 0 Å². The van der Waals surface area contributed by atoms with Gasteiger partial charge in [0.25, 0.3) is 5.88 Å². The Morgan fingerprint density at radius 2 is 1.52 bits per heavy atom. The Morgan fingerprint density at radius 1 is 0.881 bits per heavy atom. The molecule has 1 N–H and O–H groups in total. The zero-order valence-electron chi connectivity index (χ0n) is 24.1. The maximum absolute atomic E-state index is 14.9. The number of hydrogen-bond donors (Lipinski definition) is 1. The minimum atomic E-state index is -2.28. The van der Waals surface area contributed by atoms with Crippen LogP contribution in [0.1, 0.15) is 34.1 Å². The molecule has 220 valence electrons. The van der Waals surface area contributed by atoms with E-state index in [2.05, 4.69) is 10.5 Å². The van der Waals surface area contributed by atoms with Crippen LogP contribution in [0.2, 0.25) is 19.6 Å². The van der Waals surface area contributed by atoms with Crippen molar-refractivity contribution in [2.75, 3.05) is 7.11 Å². The number of carbonyl (C=O) groups is 2. The maximum Gasteiger partial charge on any atom is 0.254 e. The SMILES string of the molecule is COCc1ccc(C(NC(=O)Cc2cc(OCc3ccccc3)no2)C(=O)Cc2cc(F)c([Si](C)(C)C)c(F)c2)cc1. The van der Waals surface area contributed by atoms with Crippen molar-refractivity contribution in [3.05, 3.63) is 112 Å². The molecule has 0 radical (unpaired) electrons. The van der Waals surface area contributed by atoms with Gasteiger partial charge in [-0.25, -0.2) is 8.78 Å². The highest BCUT2D eigenvalue weighted by atomic mass is 28.3. The van der Waals surface area contributed by atoms with Crippen molar-refractivity contribution in [2.24, 2.45) is 0 Å². The lowest BCUT2D eigenvalue weighted by atomic mass is 9.96. The van der Waals surface area contributed by atoms with E-state index in [4.69, 9.17) is 14.0 Å². The number of hydrogen-bond acceptors (Lipinski definition) is 6. The van der Waals surface area contributed by atoms with Crippen molar-refractivity contribution in [3.63, 3.8) is 0 Å². The molecule has 1 heterocycles. The molecule has 1 unspecified atom stereocenters. The number of ketones is 1. The van der Waals surface area contributed by atoms with Crippen molar-refractivity contribution in [2.45, 2.75) is 51.7 Å². The number of carbonyl (C=O) groups excluding carboxylic acids is 2. The topological polar surface area (TPSA) is 90.7 Å². The Morgan fingerprint density at radius 3 is 2.14 bits per heavy atom. The predicted octanol–water partition coefficient (Wildman–Crippen LogP) is 5.44. The molecule has 0 aliphatic rings. The van der Waals surface area contributed by atoms with Gasteiger partial charge in [-0.1, -0.05) is 74.2 Å². The van der Waals surface area contributed by atoms with Crippen molar-refractivity contribution in [1.82, 2.24) is 10.5 Å². The third kappa shape index (κ3) is 8.20. The first-order chi connectivity index (χ1) is 20.0. The van der Waals surface area contributed by atoms with E-state index in [1.54, 1.807) is 31.4 Å². The molecule has 7 nitrogen and oxygen atoms in total. The van der Waals surface area contributed by atoms with Crippen LogP contribution in [0.3, 0.4) is 0 Å². The zero-order chi connectivity index (χ0) is 30.3. The van der Waals surface area contributed by atoms with Gasteiger partial charge in [0, 0.05) is 24.8 Å². The monoisotopic (exact) mass is 592 g/mol. The van der Waals surface area contributed by atoms with Gasteiger partial charge < -0.3 is 19.3 Å². The lowest BCUT2D eigenvalue weighted by molar-refractivity contribution is -0.127. The van der Waals surface area contributed by atoms with Gasteiger partial charge >= 0.3 is 0 Å². The molecular weight excluding hydrogens is 558 g/mol. The summed E-state index contributed by atoms with van der Waals surface area (Å²) < 4.78 is 45.8. The van der Waals surface area contributed by atoms with E-state index in [9.17, 15) is 18.4 Å². The molecule has 4 aromatic rings. The first-order valence-electron chi connectivity index (χ1n) is 13.5. The Kier molecular flexibility index (Phi) is 10.0. The molecule has 0 spiro atoms. The van der Waals surface area contributed by atoms with Gasteiger partial charge in [-0.2, -0.15) is 0 Å². The number of nitrogens with zero attached hydrogens (tertiary/aromatic N) is 1. The number of Topliss-reactive ketones (excluding diaryl/α,β-unsaturated/α-hetero) is 1. The molecular formula is C32H34F2N2O5Si. The number of nitrogens with one attached hydrogen (secondary N) is 1. The molecule has 1 amide bonds. The zero-order valence-corrected chi connectivity index (χ0v) is 25.1. The van der Waals surface area contributed by atoms with Gasteiger partial charge in [0.2, 0.25) is 5.91 Å². The second kappa shape index (κ2) is 13.7. The van der Waals surface area contributed by atoms with E-state index in [0.717, 1.165) is 11.1 Å². The quantitative estimate of drug-likeness (QED) is 0.208. The maximum atomic E-state index is 14.9. The van der Waals surface area contributed by atoms with E-state index in [1.807, 2.05) is 50.0 Å². The number of benzene rings is 3. The first kappa shape index (κ1) is 30.8. The van der Waals surface area contributed by atoms with Crippen molar-refractivity contribution in [1.29, 1.82) is 0 Å². The lowest BCUT2D eigenvalue weighted by Gasteiger charge is -2.21. The Hall–Kier alpha value is -4.15. The van der Waals surface area contributed by atoms with Crippen molar-refractivity contribution >= 4 is 25.0 Å². The molecule has 3 aromatic carbocycles. The molecule has 0 saturated heterocycles. The van der Waals surface area contributed by atoms with Gasteiger partial charge in [-0.05, 0) is 39.5 Å². The first-order valence-corrected chi connectivity index (χ1v) is 17.0. The fourth-order valence-corrected chi connectivity index (χ4v) is 6.19. The van der Waals surface area contributed by atoms with Crippen LogP contribution in [-0.4, -0.2) is 32.0 Å². The van der Waals surface area contributed by atoms with Crippen molar-refractivity contribution in [3.8, 4) is 5.88 Å². The summed E-state index contributed by atoms with van der Waals surface area (Å²) in [6.07, 6.45) is -0.466. The molecule has 1 atom stereocenters. The molecule has 42 heavy (non-hydrogen) atoms. The van der Waals surface area contributed by atoms with E-state index >= 15 is 0 Å². The molecule has 0 bridgehead atoms. The Balaban J connectivity index is 1.49. The number of amides is 1. The van der Waals surface area contributed by atoms with Gasteiger partial charge in [-0.3, -0.25) is 9.59 Å². The third-order valence-corrected chi connectivity index (χ3v) is 8.56. The number of ether oxygens (including phenoxy) is 2. The molecule has 10 heteroatoms. The Labute approximate surface area is 244 Å². The summed E-state index contributed by atoms with van der Waals surface area (Å²) in [5.74, 6) is -1.75. The van der Waals surface area contributed by atoms with E-state index in [0.29, 0.717) is 12.2 Å². The lowest BCUT2D eigenvalue weighted by Crippen LogP contribution is -2.42. The number of rotatable bonds is 13. The summed E-state index contributed by atoms with van der Waals surface area (Å²) in [6, 6.07) is 19.4. The summed E-state index contributed by atoms with van der Waals surface area (Å²) >= 11 is 0. The highest BCUT2D eigenvalue weighted by molar-refractivity contribution is 6.88.